The Balaban J connectivity index is 1.85. The summed E-state index contributed by atoms with van der Waals surface area (Å²) in [6.07, 6.45) is 1.69. The van der Waals surface area contributed by atoms with E-state index in [2.05, 4.69) is 37.3 Å². The van der Waals surface area contributed by atoms with Gasteiger partial charge in [0.05, 0.1) is 17.7 Å². The van der Waals surface area contributed by atoms with Crippen molar-refractivity contribution in [3.63, 3.8) is 0 Å². The summed E-state index contributed by atoms with van der Waals surface area (Å²) in [5.74, 6) is 1.63. The van der Waals surface area contributed by atoms with E-state index in [1.54, 1.807) is 6.20 Å². The van der Waals surface area contributed by atoms with Gasteiger partial charge >= 0.3 is 0 Å². The van der Waals surface area contributed by atoms with Crippen molar-refractivity contribution < 1.29 is 4.74 Å². The normalized spacial score (nSPS) is 11.5. The van der Waals surface area contributed by atoms with Crippen LogP contribution in [-0.2, 0) is 0 Å². The summed E-state index contributed by atoms with van der Waals surface area (Å²) in [6, 6.07) is 13.5. The number of rotatable bonds is 5. The zero-order chi connectivity index (χ0) is 16.9. The second-order valence-electron chi connectivity index (χ2n) is 4.97. The molecule has 3 aromatic rings. The topological polar surface area (TPSA) is 70.8 Å². The van der Waals surface area contributed by atoms with Gasteiger partial charge in [0.1, 0.15) is 5.75 Å². The number of thiazole rings is 1. The van der Waals surface area contributed by atoms with Crippen LogP contribution in [0.1, 0.15) is 18.5 Å². The number of aromatic nitrogens is 2. The third-order valence-electron chi connectivity index (χ3n) is 3.17. The molecule has 2 aromatic heterocycles. The van der Waals surface area contributed by atoms with Crippen molar-refractivity contribution in [2.24, 2.45) is 0 Å². The molecule has 0 radical (unpaired) electrons. The Kier molecular flexibility index (Phi) is 5.08. The first-order valence-corrected chi connectivity index (χ1v) is 8.83. The molecule has 0 amide bonds. The van der Waals surface area contributed by atoms with E-state index in [1.165, 1.54) is 11.3 Å². The van der Waals surface area contributed by atoms with Gasteiger partial charge in [-0.25, -0.2) is 9.97 Å². The van der Waals surface area contributed by atoms with Crippen LogP contribution >= 0.6 is 27.3 Å². The van der Waals surface area contributed by atoms with Crippen LogP contribution in [-0.4, -0.2) is 9.97 Å². The number of para-hydroxylation sites is 1. The van der Waals surface area contributed by atoms with Crippen LogP contribution in [0.5, 0.6) is 11.5 Å². The monoisotopic (exact) mass is 400 g/mol. The van der Waals surface area contributed by atoms with Gasteiger partial charge in [0.25, 0.3) is 0 Å². The number of benzene rings is 1. The fourth-order valence-corrected chi connectivity index (χ4v) is 3.03. The first kappa shape index (κ1) is 16.4. The summed E-state index contributed by atoms with van der Waals surface area (Å²) < 4.78 is 6.72. The van der Waals surface area contributed by atoms with Gasteiger partial charge in [-0.15, -0.1) is 11.3 Å². The van der Waals surface area contributed by atoms with Gasteiger partial charge in [-0.05, 0) is 35.0 Å². The molecule has 2 heterocycles. The van der Waals surface area contributed by atoms with Gasteiger partial charge in [-0.1, -0.05) is 18.2 Å². The summed E-state index contributed by atoms with van der Waals surface area (Å²) >= 11 is 4.83. The summed E-state index contributed by atoms with van der Waals surface area (Å²) in [4.78, 5) is 8.79. The molecule has 0 saturated carbocycles. The van der Waals surface area contributed by atoms with Crippen LogP contribution in [0.15, 0.2) is 52.4 Å². The van der Waals surface area contributed by atoms with E-state index < -0.39 is 0 Å². The highest BCUT2D eigenvalue weighted by atomic mass is 79.9. The molecule has 3 rings (SSSR count). The lowest BCUT2D eigenvalue weighted by atomic mass is 10.1. The molecular formula is C17H13BrN4OS. The molecule has 0 spiro atoms. The van der Waals surface area contributed by atoms with Crippen LogP contribution in [0.3, 0.4) is 0 Å². The van der Waals surface area contributed by atoms with Crippen molar-refractivity contribution >= 4 is 38.2 Å². The molecule has 1 aromatic carbocycles. The van der Waals surface area contributed by atoms with Gasteiger partial charge < -0.3 is 10.1 Å². The van der Waals surface area contributed by atoms with E-state index in [-0.39, 0.29) is 5.92 Å². The Labute approximate surface area is 152 Å². The highest BCUT2D eigenvalue weighted by Gasteiger charge is 2.13. The van der Waals surface area contributed by atoms with Crippen LogP contribution in [0, 0.1) is 11.3 Å². The van der Waals surface area contributed by atoms with Crippen LogP contribution in [0.25, 0.3) is 0 Å². The van der Waals surface area contributed by atoms with Gasteiger partial charge in [0.2, 0.25) is 0 Å². The molecule has 1 unspecified atom stereocenters. The third kappa shape index (κ3) is 3.91. The fraction of sp³-hybridized carbons (Fsp3) is 0.118. The molecule has 1 N–H and O–H groups in total. The Hall–Kier alpha value is -2.43. The summed E-state index contributed by atoms with van der Waals surface area (Å²) in [6.45, 7) is 1.82. The number of nitrogens with one attached hydrogen (secondary N) is 1. The van der Waals surface area contributed by atoms with Crippen molar-refractivity contribution in [1.29, 1.82) is 5.26 Å². The van der Waals surface area contributed by atoms with Crippen molar-refractivity contribution in [1.82, 2.24) is 9.97 Å². The first-order chi connectivity index (χ1) is 11.7. The highest BCUT2D eigenvalue weighted by Crippen LogP contribution is 2.33. The van der Waals surface area contributed by atoms with Crippen molar-refractivity contribution in [2.75, 3.05) is 5.32 Å². The van der Waals surface area contributed by atoms with E-state index in [0.717, 1.165) is 15.9 Å². The SMILES string of the molecule is CC(C#N)c1csc(Nc2ncc(Br)cc2Oc2ccccc2)n1. The number of pyridine rings is 1. The number of anilines is 2. The predicted octanol–water partition coefficient (Wildman–Crippen LogP) is 5.46. The minimum atomic E-state index is -0.241. The third-order valence-corrected chi connectivity index (χ3v) is 4.38. The van der Waals surface area contributed by atoms with E-state index in [4.69, 9.17) is 10.00 Å². The maximum atomic E-state index is 8.98. The maximum absolute atomic E-state index is 8.98. The summed E-state index contributed by atoms with van der Waals surface area (Å²) in [5, 5.41) is 14.7. The molecule has 0 aliphatic rings. The van der Waals surface area contributed by atoms with E-state index in [1.807, 2.05) is 48.7 Å². The number of nitrogens with zero attached hydrogens (tertiary/aromatic N) is 3. The summed E-state index contributed by atoms with van der Waals surface area (Å²) in [5.41, 5.74) is 0.743. The van der Waals surface area contributed by atoms with Gasteiger partial charge in [0.15, 0.2) is 16.7 Å². The van der Waals surface area contributed by atoms with E-state index >= 15 is 0 Å². The zero-order valence-corrected chi connectivity index (χ0v) is 15.1. The molecule has 0 bridgehead atoms. The second kappa shape index (κ2) is 7.43. The molecule has 24 heavy (non-hydrogen) atoms. The van der Waals surface area contributed by atoms with Gasteiger partial charge in [0, 0.05) is 22.1 Å². The average Bonchev–Trinajstić information content (AvgIpc) is 3.06. The molecule has 1 atom stereocenters. The van der Waals surface area contributed by atoms with Gasteiger partial charge in [-0.2, -0.15) is 5.26 Å². The number of hydrogen-bond acceptors (Lipinski definition) is 6. The first-order valence-electron chi connectivity index (χ1n) is 7.16. The lowest BCUT2D eigenvalue weighted by Crippen LogP contribution is -1.98. The van der Waals surface area contributed by atoms with Crippen LogP contribution in [0.2, 0.25) is 0 Å². The molecular weight excluding hydrogens is 388 g/mol. The summed E-state index contributed by atoms with van der Waals surface area (Å²) in [7, 11) is 0. The lowest BCUT2D eigenvalue weighted by Gasteiger charge is -2.11. The Bertz CT molecular complexity index is 876. The molecule has 5 nitrogen and oxygen atoms in total. The Morgan fingerprint density at radius 3 is 2.88 bits per heavy atom. The predicted molar refractivity (Wildman–Crippen MR) is 97.9 cm³/mol. The average molecular weight is 401 g/mol. The van der Waals surface area contributed by atoms with E-state index in [0.29, 0.717) is 16.7 Å². The maximum Gasteiger partial charge on any atom is 0.188 e. The number of ether oxygens (including phenoxy) is 1. The molecule has 0 aliphatic carbocycles. The standard InChI is InChI=1S/C17H13BrN4OS/c1-11(8-19)14-10-24-17(21-14)22-16-15(7-12(18)9-20-16)23-13-5-3-2-4-6-13/h2-7,9-11H,1H3,(H,20,21,22). The second-order valence-corrected chi connectivity index (χ2v) is 6.74. The number of hydrogen-bond donors (Lipinski definition) is 1. The molecule has 0 aliphatic heterocycles. The highest BCUT2D eigenvalue weighted by molar-refractivity contribution is 9.10. The zero-order valence-electron chi connectivity index (χ0n) is 12.7. The smallest absolute Gasteiger partial charge is 0.188 e. The molecule has 0 fully saturated rings. The minimum Gasteiger partial charge on any atom is -0.453 e. The molecule has 7 heteroatoms. The van der Waals surface area contributed by atoms with E-state index in [9.17, 15) is 0 Å². The van der Waals surface area contributed by atoms with Crippen LogP contribution < -0.4 is 10.1 Å². The Morgan fingerprint density at radius 2 is 2.12 bits per heavy atom. The van der Waals surface area contributed by atoms with Crippen molar-refractivity contribution in [3.05, 3.63) is 58.1 Å². The van der Waals surface area contributed by atoms with Crippen LogP contribution in [0.4, 0.5) is 10.9 Å². The lowest BCUT2D eigenvalue weighted by molar-refractivity contribution is 0.482. The quantitative estimate of drug-likeness (QED) is 0.615. The molecule has 0 saturated heterocycles. The Morgan fingerprint density at radius 1 is 1.33 bits per heavy atom. The number of nitriles is 1. The number of halogens is 1. The van der Waals surface area contributed by atoms with Crippen molar-refractivity contribution in [3.8, 4) is 17.6 Å². The van der Waals surface area contributed by atoms with Gasteiger partial charge in [-0.3, -0.25) is 0 Å². The van der Waals surface area contributed by atoms with Crippen molar-refractivity contribution in [2.45, 2.75) is 12.8 Å². The minimum absolute atomic E-state index is 0.241. The molecule has 120 valence electrons. The largest absolute Gasteiger partial charge is 0.453 e. The fourth-order valence-electron chi connectivity index (χ4n) is 1.92.